The Balaban J connectivity index is 1.64. The minimum Gasteiger partial charge on any atom is -0.497 e. The Morgan fingerprint density at radius 1 is 1.44 bits per heavy atom. The summed E-state index contributed by atoms with van der Waals surface area (Å²) in [5.41, 5.74) is 6.63. The Morgan fingerprint density at radius 2 is 2.24 bits per heavy atom. The van der Waals surface area contributed by atoms with Crippen molar-refractivity contribution >= 4 is 11.6 Å². The lowest BCUT2D eigenvalue weighted by Gasteiger charge is -2.39. The predicted octanol–water partition coefficient (Wildman–Crippen LogP) is 1.54. The first-order chi connectivity index (χ1) is 12.2. The number of ether oxygens (including phenoxy) is 2. The van der Waals surface area contributed by atoms with Crippen LogP contribution in [0.2, 0.25) is 0 Å². The molecule has 3 N–H and O–H groups in total. The maximum Gasteiger partial charge on any atom is 0.227 e. The first kappa shape index (κ1) is 18.0. The summed E-state index contributed by atoms with van der Waals surface area (Å²) >= 11 is 0. The summed E-state index contributed by atoms with van der Waals surface area (Å²) in [6, 6.07) is 8.24. The van der Waals surface area contributed by atoms with Crippen molar-refractivity contribution in [3.8, 4) is 5.75 Å². The van der Waals surface area contributed by atoms with E-state index in [0.29, 0.717) is 32.6 Å². The third-order valence-electron chi connectivity index (χ3n) is 5.50. The van der Waals surface area contributed by atoms with E-state index < -0.39 is 5.41 Å². The van der Waals surface area contributed by atoms with Crippen LogP contribution in [0.25, 0.3) is 0 Å². The zero-order valence-electron chi connectivity index (χ0n) is 15.0. The molecule has 0 spiro atoms. The molecule has 1 aromatic carbocycles. The normalized spacial score (nSPS) is 23.1. The number of methoxy groups -OCH3 is 1. The summed E-state index contributed by atoms with van der Waals surface area (Å²) in [7, 11) is 1.68. The molecule has 1 atom stereocenters. The molecule has 2 aliphatic heterocycles. The van der Waals surface area contributed by atoms with Gasteiger partial charge in [-0.3, -0.25) is 4.79 Å². The Morgan fingerprint density at radius 3 is 2.96 bits per heavy atom. The molecule has 0 bridgehead atoms. The van der Waals surface area contributed by atoms with Crippen LogP contribution in [-0.4, -0.2) is 51.9 Å². The number of anilines is 1. The Hall–Kier alpha value is -1.79. The molecular formula is C19H29N3O3. The minimum absolute atomic E-state index is 0.0933. The van der Waals surface area contributed by atoms with Gasteiger partial charge in [0.25, 0.3) is 0 Å². The van der Waals surface area contributed by atoms with Crippen LogP contribution in [-0.2, 0) is 9.53 Å². The third kappa shape index (κ3) is 4.07. The molecule has 2 aliphatic rings. The molecule has 25 heavy (non-hydrogen) atoms. The Bertz CT molecular complexity index is 587. The summed E-state index contributed by atoms with van der Waals surface area (Å²) in [6.45, 7) is 3.43. The van der Waals surface area contributed by atoms with Gasteiger partial charge in [-0.05, 0) is 37.8 Å². The average Bonchev–Trinajstić information content (AvgIpc) is 2.68. The molecule has 3 rings (SSSR count). The number of hydrogen-bond donors (Lipinski definition) is 2. The van der Waals surface area contributed by atoms with E-state index in [4.69, 9.17) is 15.2 Å². The maximum atomic E-state index is 12.9. The van der Waals surface area contributed by atoms with Gasteiger partial charge >= 0.3 is 0 Å². The summed E-state index contributed by atoms with van der Waals surface area (Å²) in [5.74, 6) is 0.948. The van der Waals surface area contributed by atoms with Gasteiger partial charge < -0.3 is 25.4 Å². The van der Waals surface area contributed by atoms with Crippen LogP contribution in [0.15, 0.2) is 24.3 Å². The highest BCUT2D eigenvalue weighted by atomic mass is 16.5. The number of benzene rings is 1. The molecular weight excluding hydrogens is 318 g/mol. The topological polar surface area (TPSA) is 76.8 Å². The highest BCUT2D eigenvalue weighted by Crippen LogP contribution is 2.30. The lowest BCUT2D eigenvalue weighted by atomic mass is 9.79. The van der Waals surface area contributed by atoms with Gasteiger partial charge in [0.1, 0.15) is 5.75 Å². The van der Waals surface area contributed by atoms with Gasteiger partial charge in [0, 0.05) is 50.6 Å². The number of amides is 1. The van der Waals surface area contributed by atoms with Crippen LogP contribution in [0.3, 0.4) is 0 Å². The van der Waals surface area contributed by atoms with E-state index in [-0.39, 0.29) is 11.9 Å². The quantitative estimate of drug-likeness (QED) is 0.845. The largest absolute Gasteiger partial charge is 0.497 e. The van der Waals surface area contributed by atoms with Crippen molar-refractivity contribution in [2.24, 2.45) is 11.1 Å². The van der Waals surface area contributed by atoms with Gasteiger partial charge in [-0.1, -0.05) is 6.07 Å². The highest BCUT2D eigenvalue weighted by Gasteiger charge is 2.39. The number of nitrogens with zero attached hydrogens (tertiary/aromatic N) is 1. The average molecular weight is 347 g/mol. The van der Waals surface area contributed by atoms with Crippen molar-refractivity contribution in [1.29, 1.82) is 0 Å². The van der Waals surface area contributed by atoms with Crippen molar-refractivity contribution < 1.29 is 14.3 Å². The number of hydrogen-bond acceptors (Lipinski definition) is 5. The summed E-state index contributed by atoms with van der Waals surface area (Å²) in [5, 5.41) is 3.26. The number of nitrogens with two attached hydrogens (primary N) is 1. The first-order valence-corrected chi connectivity index (χ1v) is 9.15. The lowest BCUT2D eigenvalue weighted by molar-refractivity contribution is -0.136. The maximum absolute atomic E-state index is 12.9. The van der Waals surface area contributed by atoms with E-state index in [1.807, 2.05) is 18.2 Å². The molecule has 2 fully saturated rings. The van der Waals surface area contributed by atoms with Crippen molar-refractivity contribution in [3.05, 3.63) is 24.3 Å². The fraction of sp³-hybridized carbons (Fsp3) is 0.632. The Labute approximate surface area is 149 Å². The number of nitrogens with one attached hydrogen (secondary N) is 1. The molecule has 6 heteroatoms. The predicted molar refractivity (Wildman–Crippen MR) is 97.9 cm³/mol. The smallest absolute Gasteiger partial charge is 0.227 e. The summed E-state index contributed by atoms with van der Waals surface area (Å²) in [6.07, 6.45) is 3.48. The zero-order chi connectivity index (χ0) is 17.7. The number of carbonyl (C=O) groups excluding carboxylic acids is 1. The molecule has 2 heterocycles. The number of rotatable bonds is 5. The molecule has 0 radical (unpaired) electrons. The molecule has 1 amide bonds. The van der Waals surface area contributed by atoms with E-state index in [1.165, 1.54) is 0 Å². The van der Waals surface area contributed by atoms with E-state index in [0.717, 1.165) is 37.4 Å². The van der Waals surface area contributed by atoms with Gasteiger partial charge in [-0.15, -0.1) is 0 Å². The molecule has 138 valence electrons. The van der Waals surface area contributed by atoms with Crippen LogP contribution < -0.4 is 20.7 Å². The lowest BCUT2D eigenvalue weighted by Crippen LogP contribution is -2.55. The van der Waals surface area contributed by atoms with Crippen LogP contribution >= 0.6 is 0 Å². The van der Waals surface area contributed by atoms with E-state index in [9.17, 15) is 4.79 Å². The molecule has 0 aliphatic carbocycles. The van der Waals surface area contributed by atoms with Gasteiger partial charge in [0.15, 0.2) is 0 Å². The number of carbonyl (C=O) groups is 1. The molecule has 0 aromatic heterocycles. The van der Waals surface area contributed by atoms with E-state index >= 15 is 0 Å². The van der Waals surface area contributed by atoms with Crippen molar-refractivity contribution in [3.63, 3.8) is 0 Å². The second-order valence-electron chi connectivity index (χ2n) is 7.06. The monoisotopic (exact) mass is 347 g/mol. The minimum atomic E-state index is -0.462. The molecule has 1 aromatic rings. The van der Waals surface area contributed by atoms with Gasteiger partial charge in [-0.25, -0.2) is 0 Å². The van der Waals surface area contributed by atoms with Crippen molar-refractivity contribution in [1.82, 2.24) is 5.32 Å². The second kappa shape index (κ2) is 8.06. The van der Waals surface area contributed by atoms with E-state index in [1.54, 1.807) is 7.11 Å². The van der Waals surface area contributed by atoms with Crippen LogP contribution in [0.1, 0.15) is 25.7 Å². The second-order valence-corrected chi connectivity index (χ2v) is 7.06. The number of piperidine rings is 1. The highest BCUT2D eigenvalue weighted by molar-refractivity contribution is 5.83. The zero-order valence-corrected chi connectivity index (χ0v) is 15.0. The fourth-order valence-corrected chi connectivity index (χ4v) is 3.76. The van der Waals surface area contributed by atoms with E-state index in [2.05, 4.69) is 16.3 Å². The Kier molecular flexibility index (Phi) is 5.81. The van der Waals surface area contributed by atoms with Gasteiger partial charge in [0.2, 0.25) is 5.91 Å². The fourth-order valence-electron chi connectivity index (χ4n) is 3.76. The van der Waals surface area contributed by atoms with Crippen LogP contribution in [0, 0.1) is 5.41 Å². The van der Waals surface area contributed by atoms with Gasteiger partial charge in [-0.2, -0.15) is 0 Å². The van der Waals surface area contributed by atoms with Crippen LogP contribution in [0.4, 0.5) is 5.69 Å². The molecule has 2 saturated heterocycles. The molecule has 0 saturated carbocycles. The van der Waals surface area contributed by atoms with Crippen molar-refractivity contribution in [2.45, 2.75) is 31.7 Å². The molecule has 1 unspecified atom stereocenters. The first-order valence-electron chi connectivity index (χ1n) is 9.15. The standard InChI is InChI=1S/C19H29N3O3/c1-24-17-6-2-5-16(12-17)22-9-3-4-15(13-22)21-18(23)19(14-20)7-10-25-11-8-19/h2,5-6,12,15H,3-4,7-11,13-14,20H2,1H3,(H,21,23). The van der Waals surface area contributed by atoms with Crippen LogP contribution in [0.5, 0.6) is 5.75 Å². The molecule has 6 nitrogen and oxygen atoms in total. The van der Waals surface area contributed by atoms with Crippen molar-refractivity contribution in [2.75, 3.05) is 44.9 Å². The van der Waals surface area contributed by atoms with Gasteiger partial charge in [0.05, 0.1) is 12.5 Å². The third-order valence-corrected chi connectivity index (χ3v) is 5.50. The summed E-state index contributed by atoms with van der Waals surface area (Å²) in [4.78, 5) is 15.2. The SMILES string of the molecule is COc1cccc(N2CCCC(NC(=O)C3(CN)CCOCC3)C2)c1. The summed E-state index contributed by atoms with van der Waals surface area (Å²) < 4.78 is 10.7.